The van der Waals surface area contributed by atoms with Gasteiger partial charge in [0.15, 0.2) is 0 Å². The molecule has 1 aliphatic rings. The topological polar surface area (TPSA) is 60.2 Å². The summed E-state index contributed by atoms with van der Waals surface area (Å²) in [6.07, 6.45) is 3.88. The predicted octanol–water partition coefficient (Wildman–Crippen LogP) is 1.64. The first kappa shape index (κ1) is 12.5. The zero-order valence-corrected chi connectivity index (χ0v) is 10.7. The fourth-order valence-electron chi connectivity index (χ4n) is 2.06. The summed E-state index contributed by atoms with van der Waals surface area (Å²) < 4.78 is 11.4. The number of aromatic nitrogens is 2. The van der Waals surface area contributed by atoms with Gasteiger partial charge in [-0.05, 0) is 39.3 Å². The van der Waals surface area contributed by atoms with Crippen molar-refractivity contribution in [3.63, 3.8) is 0 Å². The number of ether oxygens (including phenoxy) is 1. The second-order valence-corrected chi connectivity index (χ2v) is 4.64. The van der Waals surface area contributed by atoms with Crippen LogP contribution in [0.25, 0.3) is 0 Å². The summed E-state index contributed by atoms with van der Waals surface area (Å²) in [5, 5.41) is 11.5. The number of nitrogens with one attached hydrogen (secondary N) is 1. The van der Waals surface area contributed by atoms with Crippen LogP contribution in [0.4, 0.5) is 0 Å². The summed E-state index contributed by atoms with van der Waals surface area (Å²) in [7, 11) is 0. The third-order valence-electron chi connectivity index (χ3n) is 3.13. The molecular formula is C12H21N3O2. The van der Waals surface area contributed by atoms with Crippen LogP contribution >= 0.6 is 0 Å². The van der Waals surface area contributed by atoms with Crippen molar-refractivity contribution >= 4 is 0 Å². The van der Waals surface area contributed by atoms with Gasteiger partial charge in [-0.15, -0.1) is 10.2 Å². The standard InChI is InChI=1S/C12H21N3O2/c1-3-13-8-4-6-10-14-15-11(17-10)12(2)7-5-9-16-12/h13H,3-9H2,1-2H3. The van der Waals surface area contributed by atoms with E-state index in [2.05, 4.69) is 22.4 Å². The van der Waals surface area contributed by atoms with E-state index in [1.54, 1.807) is 0 Å². The van der Waals surface area contributed by atoms with Gasteiger partial charge in [-0.25, -0.2) is 0 Å². The third kappa shape index (κ3) is 3.04. The van der Waals surface area contributed by atoms with E-state index in [1.165, 1.54) is 0 Å². The summed E-state index contributed by atoms with van der Waals surface area (Å²) in [5.74, 6) is 1.35. The second-order valence-electron chi connectivity index (χ2n) is 4.64. The van der Waals surface area contributed by atoms with Gasteiger partial charge in [0, 0.05) is 13.0 Å². The number of hydrogen-bond acceptors (Lipinski definition) is 5. The van der Waals surface area contributed by atoms with Crippen LogP contribution in [0.3, 0.4) is 0 Å². The lowest BCUT2D eigenvalue weighted by Gasteiger charge is -2.17. The van der Waals surface area contributed by atoms with Crippen molar-refractivity contribution < 1.29 is 9.15 Å². The summed E-state index contributed by atoms with van der Waals surface area (Å²) >= 11 is 0. The number of rotatable bonds is 6. The lowest BCUT2D eigenvalue weighted by atomic mass is 10.0. The minimum Gasteiger partial charge on any atom is -0.422 e. The van der Waals surface area contributed by atoms with E-state index >= 15 is 0 Å². The highest BCUT2D eigenvalue weighted by molar-refractivity contribution is 4.98. The van der Waals surface area contributed by atoms with Gasteiger partial charge in [-0.1, -0.05) is 6.92 Å². The molecule has 5 nitrogen and oxygen atoms in total. The van der Waals surface area contributed by atoms with Gasteiger partial charge in [0.05, 0.1) is 0 Å². The average molecular weight is 239 g/mol. The van der Waals surface area contributed by atoms with Crippen molar-refractivity contribution in [3.05, 3.63) is 11.8 Å². The fourth-order valence-corrected chi connectivity index (χ4v) is 2.06. The Morgan fingerprint density at radius 3 is 3.00 bits per heavy atom. The molecule has 0 spiro atoms. The summed E-state index contributed by atoms with van der Waals surface area (Å²) in [4.78, 5) is 0. The van der Waals surface area contributed by atoms with Gasteiger partial charge >= 0.3 is 0 Å². The molecule has 0 amide bonds. The molecule has 0 bridgehead atoms. The molecule has 0 radical (unpaired) electrons. The summed E-state index contributed by atoms with van der Waals surface area (Å²) in [5.41, 5.74) is -0.354. The number of hydrogen-bond donors (Lipinski definition) is 1. The lowest BCUT2D eigenvalue weighted by Crippen LogP contribution is -2.20. The van der Waals surface area contributed by atoms with Crippen LogP contribution in [0.1, 0.15) is 44.9 Å². The maximum Gasteiger partial charge on any atom is 0.247 e. The SMILES string of the molecule is CCNCCCc1nnc(C2(C)CCCO2)o1. The highest BCUT2D eigenvalue weighted by Gasteiger charge is 2.37. The van der Waals surface area contributed by atoms with Gasteiger partial charge in [-0.2, -0.15) is 0 Å². The Balaban J connectivity index is 1.87. The van der Waals surface area contributed by atoms with E-state index in [9.17, 15) is 0 Å². The van der Waals surface area contributed by atoms with Crippen LogP contribution in [0.15, 0.2) is 4.42 Å². The molecule has 0 aromatic carbocycles. The molecule has 1 unspecified atom stereocenters. The minimum atomic E-state index is -0.354. The molecule has 0 saturated carbocycles. The van der Waals surface area contributed by atoms with Crippen molar-refractivity contribution in [2.75, 3.05) is 19.7 Å². The zero-order valence-electron chi connectivity index (χ0n) is 10.7. The van der Waals surface area contributed by atoms with Crippen molar-refractivity contribution in [2.45, 2.75) is 45.1 Å². The minimum absolute atomic E-state index is 0.354. The molecule has 1 atom stereocenters. The molecule has 0 aliphatic carbocycles. The Labute approximate surface area is 102 Å². The molecule has 1 aromatic rings. The van der Waals surface area contributed by atoms with E-state index < -0.39 is 0 Å². The number of nitrogens with zero attached hydrogens (tertiary/aromatic N) is 2. The molecule has 1 aliphatic heterocycles. The fraction of sp³-hybridized carbons (Fsp3) is 0.833. The van der Waals surface area contributed by atoms with E-state index in [1.807, 2.05) is 6.92 Å². The molecular weight excluding hydrogens is 218 g/mol. The molecule has 2 rings (SSSR count). The molecule has 2 heterocycles. The van der Waals surface area contributed by atoms with Crippen molar-refractivity contribution in [1.82, 2.24) is 15.5 Å². The molecule has 1 fully saturated rings. The van der Waals surface area contributed by atoms with Crippen LogP contribution in [0, 0.1) is 0 Å². The maximum atomic E-state index is 5.68. The summed E-state index contributed by atoms with van der Waals surface area (Å²) in [6, 6.07) is 0. The van der Waals surface area contributed by atoms with Crippen LogP contribution in [-0.4, -0.2) is 29.9 Å². The van der Waals surface area contributed by atoms with E-state index in [0.29, 0.717) is 5.89 Å². The van der Waals surface area contributed by atoms with Gasteiger partial charge in [0.1, 0.15) is 5.60 Å². The van der Waals surface area contributed by atoms with Crippen LogP contribution in [-0.2, 0) is 16.8 Å². The second kappa shape index (κ2) is 5.60. The van der Waals surface area contributed by atoms with Crippen LogP contribution < -0.4 is 5.32 Å². The predicted molar refractivity (Wildman–Crippen MR) is 63.7 cm³/mol. The van der Waals surface area contributed by atoms with Crippen LogP contribution in [0.5, 0.6) is 0 Å². The average Bonchev–Trinajstić information content (AvgIpc) is 2.94. The summed E-state index contributed by atoms with van der Waals surface area (Å²) in [6.45, 7) is 6.90. The van der Waals surface area contributed by atoms with E-state index in [4.69, 9.17) is 9.15 Å². The quantitative estimate of drug-likeness (QED) is 0.765. The Morgan fingerprint density at radius 2 is 2.29 bits per heavy atom. The Kier molecular flexibility index (Phi) is 4.12. The van der Waals surface area contributed by atoms with Crippen molar-refractivity contribution in [2.24, 2.45) is 0 Å². The molecule has 17 heavy (non-hydrogen) atoms. The molecule has 1 saturated heterocycles. The Morgan fingerprint density at radius 1 is 1.41 bits per heavy atom. The Hall–Kier alpha value is -0.940. The molecule has 1 aromatic heterocycles. The first-order valence-electron chi connectivity index (χ1n) is 6.42. The van der Waals surface area contributed by atoms with E-state index in [-0.39, 0.29) is 5.60 Å². The monoisotopic (exact) mass is 239 g/mol. The Bertz CT molecular complexity index is 345. The van der Waals surface area contributed by atoms with Gasteiger partial charge < -0.3 is 14.5 Å². The largest absolute Gasteiger partial charge is 0.422 e. The highest BCUT2D eigenvalue weighted by atomic mass is 16.5. The maximum absolute atomic E-state index is 5.68. The first-order chi connectivity index (χ1) is 8.24. The molecule has 96 valence electrons. The third-order valence-corrected chi connectivity index (χ3v) is 3.13. The van der Waals surface area contributed by atoms with Gasteiger partial charge in [0.2, 0.25) is 11.8 Å². The normalized spacial score (nSPS) is 24.4. The van der Waals surface area contributed by atoms with Crippen LogP contribution in [0.2, 0.25) is 0 Å². The highest BCUT2D eigenvalue weighted by Crippen LogP contribution is 2.34. The zero-order chi connectivity index (χ0) is 12.1. The molecule has 5 heteroatoms. The smallest absolute Gasteiger partial charge is 0.247 e. The van der Waals surface area contributed by atoms with Gasteiger partial charge in [-0.3, -0.25) is 0 Å². The van der Waals surface area contributed by atoms with E-state index in [0.717, 1.165) is 51.3 Å². The first-order valence-corrected chi connectivity index (χ1v) is 6.42. The van der Waals surface area contributed by atoms with Gasteiger partial charge in [0.25, 0.3) is 0 Å². The lowest BCUT2D eigenvalue weighted by molar-refractivity contribution is -0.00614. The number of aryl methyl sites for hydroxylation is 1. The molecule has 1 N–H and O–H groups in total. The van der Waals surface area contributed by atoms with Crippen molar-refractivity contribution in [1.29, 1.82) is 0 Å². The van der Waals surface area contributed by atoms with Crippen molar-refractivity contribution in [3.8, 4) is 0 Å².